The minimum absolute atomic E-state index is 0. The molecule has 19 heavy (non-hydrogen) atoms. The van der Waals surface area contributed by atoms with Crippen molar-refractivity contribution in [2.45, 2.75) is 33.0 Å². The van der Waals surface area contributed by atoms with E-state index in [0.717, 1.165) is 31.6 Å². The van der Waals surface area contributed by atoms with E-state index in [-0.39, 0.29) is 18.2 Å². The van der Waals surface area contributed by atoms with E-state index in [1.54, 1.807) is 12.1 Å². The van der Waals surface area contributed by atoms with Crippen molar-refractivity contribution in [3.63, 3.8) is 0 Å². The zero-order chi connectivity index (χ0) is 12.8. The number of aryl methyl sites for hydroxylation is 1. The molecule has 0 bridgehead atoms. The van der Waals surface area contributed by atoms with Crippen molar-refractivity contribution >= 4 is 12.4 Å². The van der Waals surface area contributed by atoms with E-state index in [4.69, 9.17) is 0 Å². The first-order chi connectivity index (χ1) is 8.79. The molecule has 0 aliphatic heterocycles. The summed E-state index contributed by atoms with van der Waals surface area (Å²) < 4.78 is 14.7. The molecule has 0 fully saturated rings. The number of nitrogens with one attached hydrogen (secondary N) is 1. The van der Waals surface area contributed by atoms with Crippen LogP contribution in [0.2, 0.25) is 0 Å². The number of nitrogens with zero attached hydrogens (tertiary/aromatic N) is 2. The molecule has 0 saturated carbocycles. The lowest BCUT2D eigenvalue weighted by Crippen LogP contribution is -2.16. The molecule has 0 spiro atoms. The predicted molar refractivity (Wildman–Crippen MR) is 76.7 cm³/mol. The van der Waals surface area contributed by atoms with Crippen molar-refractivity contribution < 1.29 is 4.39 Å². The molecule has 0 aliphatic rings. The third kappa shape index (κ3) is 4.65. The second-order valence-electron chi connectivity index (χ2n) is 4.28. The van der Waals surface area contributed by atoms with Gasteiger partial charge in [0.25, 0.3) is 0 Å². The fraction of sp³-hybridized carbons (Fsp3) is 0.357. The van der Waals surface area contributed by atoms with E-state index in [9.17, 15) is 4.39 Å². The van der Waals surface area contributed by atoms with Crippen molar-refractivity contribution in [2.75, 3.05) is 0 Å². The summed E-state index contributed by atoms with van der Waals surface area (Å²) in [6.45, 7) is 4.59. The Hall–Kier alpha value is -1.39. The SMILES string of the molecule is CCCn1nccc1CNCc1ccc(F)cc1.Cl. The Balaban J connectivity index is 0.00000180. The Bertz CT molecular complexity index is 482. The van der Waals surface area contributed by atoms with Gasteiger partial charge in [0.05, 0.1) is 5.69 Å². The van der Waals surface area contributed by atoms with Gasteiger partial charge in [-0.1, -0.05) is 19.1 Å². The molecule has 0 unspecified atom stereocenters. The quantitative estimate of drug-likeness (QED) is 0.883. The minimum Gasteiger partial charge on any atom is -0.307 e. The van der Waals surface area contributed by atoms with Gasteiger partial charge in [-0.15, -0.1) is 12.4 Å². The number of benzene rings is 1. The summed E-state index contributed by atoms with van der Waals surface area (Å²) in [5, 5.41) is 7.61. The van der Waals surface area contributed by atoms with Crippen LogP contribution >= 0.6 is 12.4 Å². The normalized spacial score (nSPS) is 10.2. The smallest absolute Gasteiger partial charge is 0.123 e. The van der Waals surface area contributed by atoms with E-state index in [1.807, 2.05) is 16.9 Å². The maximum absolute atomic E-state index is 12.7. The third-order valence-electron chi connectivity index (χ3n) is 2.79. The van der Waals surface area contributed by atoms with Gasteiger partial charge < -0.3 is 5.32 Å². The van der Waals surface area contributed by atoms with Crippen molar-refractivity contribution in [1.82, 2.24) is 15.1 Å². The molecule has 0 amide bonds. The predicted octanol–water partition coefficient (Wildman–Crippen LogP) is 3.14. The van der Waals surface area contributed by atoms with Gasteiger partial charge in [-0.25, -0.2) is 4.39 Å². The van der Waals surface area contributed by atoms with Crippen LogP contribution in [-0.4, -0.2) is 9.78 Å². The highest BCUT2D eigenvalue weighted by Crippen LogP contribution is 2.04. The number of rotatable bonds is 6. The zero-order valence-corrected chi connectivity index (χ0v) is 11.8. The average Bonchev–Trinajstić information content (AvgIpc) is 2.80. The van der Waals surface area contributed by atoms with Gasteiger partial charge in [0, 0.05) is 25.8 Å². The van der Waals surface area contributed by atoms with Crippen LogP contribution in [0.25, 0.3) is 0 Å². The summed E-state index contributed by atoms with van der Waals surface area (Å²) in [6.07, 6.45) is 2.90. The topological polar surface area (TPSA) is 29.9 Å². The Labute approximate surface area is 119 Å². The van der Waals surface area contributed by atoms with Gasteiger partial charge in [0.2, 0.25) is 0 Å². The molecule has 0 radical (unpaired) electrons. The fourth-order valence-electron chi connectivity index (χ4n) is 1.86. The summed E-state index contributed by atoms with van der Waals surface area (Å²) in [5.74, 6) is -0.195. The van der Waals surface area contributed by atoms with Crippen LogP contribution in [0.1, 0.15) is 24.6 Å². The van der Waals surface area contributed by atoms with E-state index in [0.29, 0.717) is 0 Å². The maximum atomic E-state index is 12.7. The van der Waals surface area contributed by atoms with Crippen LogP contribution in [-0.2, 0) is 19.6 Å². The Kier molecular flexibility index (Phi) is 6.53. The van der Waals surface area contributed by atoms with E-state index >= 15 is 0 Å². The molecule has 5 heteroatoms. The summed E-state index contributed by atoms with van der Waals surface area (Å²) >= 11 is 0. The molecule has 1 aromatic heterocycles. The van der Waals surface area contributed by atoms with Crippen LogP contribution < -0.4 is 5.32 Å². The van der Waals surface area contributed by atoms with Gasteiger partial charge in [0.15, 0.2) is 0 Å². The lowest BCUT2D eigenvalue weighted by Gasteiger charge is -2.07. The Morgan fingerprint density at radius 2 is 1.89 bits per heavy atom. The molecule has 0 saturated heterocycles. The first-order valence-corrected chi connectivity index (χ1v) is 6.25. The third-order valence-corrected chi connectivity index (χ3v) is 2.79. The first-order valence-electron chi connectivity index (χ1n) is 6.25. The van der Waals surface area contributed by atoms with Crippen molar-refractivity contribution in [3.8, 4) is 0 Å². The van der Waals surface area contributed by atoms with Gasteiger partial charge in [0.1, 0.15) is 5.82 Å². The highest BCUT2D eigenvalue weighted by molar-refractivity contribution is 5.85. The van der Waals surface area contributed by atoms with Gasteiger partial charge in [-0.05, 0) is 30.2 Å². The number of hydrogen-bond donors (Lipinski definition) is 1. The largest absolute Gasteiger partial charge is 0.307 e. The van der Waals surface area contributed by atoms with Crippen molar-refractivity contribution in [2.24, 2.45) is 0 Å². The zero-order valence-electron chi connectivity index (χ0n) is 11.0. The molecular weight excluding hydrogens is 265 g/mol. The lowest BCUT2D eigenvalue weighted by atomic mass is 10.2. The van der Waals surface area contributed by atoms with Gasteiger partial charge in [-0.2, -0.15) is 5.10 Å². The standard InChI is InChI=1S/C14H18FN3.ClH/c1-2-9-18-14(7-8-17-18)11-16-10-12-3-5-13(15)6-4-12;/h3-8,16H,2,9-11H2,1H3;1H. The van der Waals surface area contributed by atoms with Crippen molar-refractivity contribution in [1.29, 1.82) is 0 Å². The Morgan fingerprint density at radius 1 is 1.16 bits per heavy atom. The highest BCUT2D eigenvalue weighted by atomic mass is 35.5. The molecule has 3 nitrogen and oxygen atoms in total. The van der Waals surface area contributed by atoms with Crippen molar-refractivity contribution in [3.05, 3.63) is 53.6 Å². The molecule has 0 aliphatic carbocycles. The fourth-order valence-corrected chi connectivity index (χ4v) is 1.86. The summed E-state index contributed by atoms with van der Waals surface area (Å²) in [6, 6.07) is 8.58. The summed E-state index contributed by atoms with van der Waals surface area (Å²) in [7, 11) is 0. The van der Waals surface area contributed by atoms with Crippen LogP contribution in [0.4, 0.5) is 4.39 Å². The molecule has 2 aromatic rings. The van der Waals surface area contributed by atoms with E-state index in [1.165, 1.54) is 17.8 Å². The molecule has 1 aromatic carbocycles. The molecule has 0 atom stereocenters. The average molecular weight is 284 g/mol. The van der Waals surface area contributed by atoms with E-state index < -0.39 is 0 Å². The maximum Gasteiger partial charge on any atom is 0.123 e. The molecule has 1 heterocycles. The summed E-state index contributed by atoms with van der Waals surface area (Å²) in [4.78, 5) is 0. The van der Waals surface area contributed by atoms with Crippen LogP contribution in [0.5, 0.6) is 0 Å². The van der Waals surface area contributed by atoms with Gasteiger partial charge in [-0.3, -0.25) is 4.68 Å². The van der Waals surface area contributed by atoms with Gasteiger partial charge >= 0.3 is 0 Å². The second-order valence-corrected chi connectivity index (χ2v) is 4.28. The molecule has 104 valence electrons. The van der Waals surface area contributed by atoms with Crippen LogP contribution in [0.3, 0.4) is 0 Å². The number of aromatic nitrogens is 2. The number of halogens is 2. The lowest BCUT2D eigenvalue weighted by molar-refractivity contribution is 0.549. The summed E-state index contributed by atoms with van der Waals surface area (Å²) in [5.41, 5.74) is 2.26. The molecular formula is C14H19ClFN3. The van der Waals surface area contributed by atoms with E-state index in [2.05, 4.69) is 17.3 Å². The number of hydrogen-bond acceptors (Lipinski definition) is 2. The molecule has 2 rings (SSSR count). The minimum atomic E-state index is -0.195. The molecule has 1 N–H and O–H groups in total. The van der Waals surface area contributed by atoms with Crippen LogP contribution in [0.15, 0.2) is 36.5 Å². The van der Waals surface area contributed by atoms with Crippen LogP contribution in [0, 0.1) is 5.82 Å². The highest BCUT2D eigenvalue weighted by Gasteiger charge is 2.01. The Morgan fingerprint density at radius 3 is 2.58 bits per heavy atom. The first kappa shape index (κ1) is 15.7. The second kappa shape index (κ2) is 7.92. The monoisotopic (exact) mass is 283 g/mol.